The van der Waals surface area contributed by atoms with Crippen LogP contribution < -0.4 is 11.1 Å². The number of benzene rings is 2. The van der Waals surface area contributed by atoms with E-state index in [0.29, 0.717) is 11.3 Å². The first-order valence-corrected chi connectivity index (χ1v) is 7.62. The van der Waals surface area contributed by atoms with E-state index in [-0.39, 0.29) is 11.7 Å². The van der Waals surface area contributed by atoms with E-state index in [4.69, 9.17) is 10.2 Å². The van der Waals surface area contributed by atoms with E-state index in [1.165, 1.54) is 0 Å². The van der Waals surface area contributed by atoms with Crippen molar-refractivity contribution >= 4 is 40.0 Å². The first-order chi connectivity index (χ1) is 10.2. The van der Waals surface area contributed by atoms with Crippen molar-refractivity contribution in [3.05, 3.63) is 54.3 Å². The van der Waals surface area contributed by atoms with E-state index in [1.807, 2.05) is 30.5 Å². The minimum absolute atomic E-state index is 0.268. The van der Waals surface area contributed by atoms with E-state index >= 15 is 0 Å². The molecule has 1 aromatic heterocycles. The smallest absolute Gasteiger partial charge is 0.291 e. The van der Waals surface area contributed by atoms with Crippen molar-refractivity contribution in [1.82, 2.24) is 0 Å². The summed E-state index contributed by atoms with van der Waals surface area (Å²) in [6.07, 6.45) is 2.01. The third kappa shape index (κ3) is 2.87. The van der Waals surface area contributed by atoms with Crippen LogP contribution in [0.2, 0.25) is 0 Å². The van der Waals surface area contributed by atoms with Crippen molar-refractivity contribution in [2.24, 2.45) is 0 Å². The van der Waals surface area contributed by atoms with E-state index in [9.17, 15) is 4.79 Å². The molecule has 21 heavy (non-hydrogen) atoms. The zero-order valence-corrected chi connectivity index (χ0v) is 12.2. The Morgan fingerprint density at radius 3 is 2.62 bits per heavy atom. The first-order valence-electron chi connectivity index (χ1n) is 6.40. The molecule has 2 aromatic carbocycles. The molecule has 1 amide bonds. The Morgan fingerprint density at radius 1 is 1.14 bits per heavy atom. The fraction of sp³-hybridized carbons (Fsp3) is 0.0625. The molecule has 0 saturated heterocycles. The summed E-state index contributed by atoms with van der Waals surface area (Å²) >= 11 is 1.65. The Balaban J connectivity index is 1.82. The number of nitrogens with two attached hydrogens (primary N) is 1. The molecule has 3 aromatic rings. The number of hydrogen-bond donors (Lipinski definition) is 2. The van der Waals surface area contributed by atoms with Crippen LogP contribution in [-0.2, 0) is 0 Å². The van der Waals surface area contributed by atoms with E-state index in [1.54, 1.807) is 36.0 Å². The van der Waals surface area contributed by atoms with Gasteiger partial charge in [0, 0.05) is 21.7 Å². The lowest BCUT2D eigenvalue weighted by molar-refractivity contribution is 0.0998. The fourth-order valence-electron chi connectivity index (χ4n) is 2.04. The number of rotatable bonds is 3. The van der Waals surface area contributed by atoms with Crippen LogP contribution in [0.1, 0.15) is 10.6 Å². The van der Waals surface area contributed by atoms with Gasteiger partial charge in [0.1, 0.15) is 5.58 Å². The Hall–Kier alpha value is -2.40. The van der Waals surface area contributed by atoms with Crippen LogP contribution in [0.15, 0.2) is 57.8 Å². The van der Waals surface area contributed by atoms with Gasteiger partial charge in [0.15, 0.2) is 5.76 Å². The van der Waals surface area contributed by atoms with Crippen molar-refractivity contribution in [3.8, 4) is 0 Å². The molecule has 0 unspecified atom stereocenters. The van der Waals surface area contributed by atoms with Crippen LogP contribution >= 0.6 is 11.8 Å². The van der Waals surface area contributed by atoms with Crippen molar-refractivity contribution in [3.63, 3.8) is 0 Å². The lowest BCUT2D eigenvalue weighted by Gasteiger charge is -2.03. The quantitative estimate of drug-likeness (QED) is 0.566. The largest absolute Gasteiger partial charge is 0.451 e. The highest BCUT2D eigenvalue weighted by Crippen LogP contribution is 2.23. The zero-order chi connectivity index (χ0) is 14.8. The highest BCUT2D eigenvalue weighted by Gasteiger charge is 2.12. The number of thioether (sulfide) groups is 1. The monoisotopic (exact) mass is 298 g/mol. The zero-order valence-electron chi connectivity index (χ0n) is 11.4. The lowest BCUT2D eigenvalue weighted by atomic mass is 10.2. The summed E-state index contributed by atoms with van der Waals surface area (Å²) in [5.41, 5.74) is 7.74. The SMILES string of the molecule is CSc1ccc(NC(=O)c2cc3cc(N)ccc3o2)cc1. The lowest BCUT2D eigenvalue weighted by Crippen LogP contribution is -2.10. The Labute approximate surface area is 126 Å². The molecule has 0 aliphatic heterocycles. The Kier molecular flexibility index (Phi) is 3.58. The Bertz CT molecular complexity index is 794. The van der Waals surface area contributed by atoms with Crippen LogP contribution in [0, 0.1) is 0 Å². The molecule has 0 atom stereocenters. The summed E-state index contributed by atoms with van der Waals surface area (Å²) < 4.78 is 5.53. The molecule has 4 nitrogen and oxygen atoms in total. The van der Waals surface area contributed by atoms with Gasteiger partial charge in [0.2, 0.25) is 0 Å². The maximum Gasteiger partial charge on any atom is 0.291 e. The van der Waals surface area contributed by atoms with Crippen LogP contribution in [-0.4, -0.2) is 12.2 Å². The normalized spacial score (nSPS) is 10.7. The van der Waals surface area contributed by atoms with Gasteiger partial charge in [0.25, 0.3) is 5.91 Å². The molecule has 3 rings (SSSR count). The predicted molar refractivity (Wildman–Crippen MR) is 86.8 cm³/mol. The third-order valence-corrected chi connectivity index (χ3v) is 3.86. The molecular weight excluding hydrogens is 284 g/mol. The Morgan fingerprint density at radius 2 is 1.90 bits per heavy atom. The molecule has 106 valence electrons. The summed E-state index contributed by atoms with van der Waals surface area (Å²) in [5.74, 6) is -0.00813. The molecule has 0 aliphatic rings. The summed E-state index contributed by atoms with van der Waals surface area (Å²) in [6.45, 7) is 0. The molecular formula is C16H14N2O2S. The predicted octanol–water partition coefficient (Wildman–Crippen LogP) is 3.99. The van der Waals surface area contributed by atoms with Gasteiger partial charge in [-0.25, -0.2) is 0 Å². The second-order valence-corrected chi connectivity index (χ2v) is 5.47. The minimum Gasteiger partial charge on any atom is -0.451 e. The molecule has 1 heterocycles. The van der Waals surface area contributed by atoms with Crippen LogP contribution in [0.5, 0.6) is 0 Å². The number of furan rings is 1. The van der Waals surface area contributed by atoms with Gasteiger partial charge in [-0.1, -0.05) is 0 Å². The average Bonchev–Trinajstić information content (AvgIpc) is 2.91. The van der Waals surface area contributed by atoms with Crippen LogP contribution in [0.3, 0.4) is 0 Å². The summed E-state index contributed by atoms with van der Waals surface area (Å²) in [6, 6.07) is 14.6. The molecule has 0 spiro atoms. The maximum atomic E-state index is 12.2. The average molecular weight is 298 g/mol. The molecule has 5 heteroatoms. The minimum atomic E-state index is -0.276. The molecule has 3 N–H and O–H groups in total. The van der Waals surface area contributed by atoms with Crippen molar-refractivity contribution in [1.29, 1.82) is 0 Å². The van der Waals surface area contributed by atoms with Crippen LogP contribution in [0.4, 0.5) is 11.4 Å². The standard InChI is InChI=1S/C16H14N2O2S/c1-21-13-5-3-12(4-6-13)18-16(19)15-9-10-8-11(17)2-7-14(10)20-15/h2-9H,17H2,1H3,(H,18,19). The highest BCUT2D eigenvalue weighted by atomic mass is 32.2. The summed E-state index contributed by atoms with van der Waals surface area (Å²) in [4.78, 5) is 13.3. The third-order valence-electron chi connectivity index (χ3n) is 3.11. The van der Waals surface area contributed by atoms with E-state index in [2.05, 4.69) is 5.32 Å². The van der Waals surface area contributed by atoms with Gasteiger partial charge in [-0.05, 0) is 54.8 Å². The van der Waals surface area contributed by atoms with Gasteiger partial charge in [-0.3, -0.25) is 4.79 Å². The summed E-state index contributed by atoms with van der Waals surface area (Å²) in [5, 5.41) is 3.63. The number of carbonyl (C=O) groups is 1. The first kappa shape index (κ1) is 13.6. The number of carbonyl (C=O) groups excluding carboxylic acids is 1. The van der Waals surface area contributed by atoms with E-state index < -0.39 is 0 Å². The number of hydrogen-bond acceptors (Lipinski definition) is 4. The van der Waals surface area contributed by atoms with Gasteiger partial charge >= 0.3 is 0 Å². The molecule has 0 aliphatic carbocycles. The fourth-order valence-corrected chi connectivity index (χ4v) is 2.45. The molecule has 0 bridgehead atoms. The van der Waals surface area contributed by atoms with Gasteiger partial charge in [-0.2, -0.15) is 0 Å². The highest BCUT2D eigenvalue weighted by molar-refractivity contribution is 7.98. The number of anilines is 2. The second kappa shape index (κ2) is 5.54. The number of fused-ring (bicyclic) bond motifs is 1. The number of amides is 1. The second-order valence-electron chi connectivity index (χ2n) is 4.59. The van der Waals surface area contributed by atoms with Crippen molar-refractivity contribution in [2.45, 2.75) is 4.90 Å². The molecule has 0 saturated carbocycles. The van der Waals surface area contributed by atoms with Gasteiger partial charge in [0.05, 0.1) is 0 Å². The maximum absolute atomic E-state index is 12.2. The van der Waals surface area contributed by atoms with Crippen molar-refractivity contribution < 1.29 is 9.21 Å². The topological polar surface area (TPSA) is 68.3 Å². The van der Waals surface area contributed by atoms with Gasteiger partial charge in [-0.15, -0.1) is 11.8 Å². The van der Waals surface area contributed by atoms with Crippen LogP contribution in [0.25, 0.3) is 11.0 Å². The van der Waals surface area contributed by atoms with Gasteiger partial charge < -0.3 is 15.5 Å². The number of nitrogens with one attached hydrogen (secondary N) is 1. The molecule has 0 fully saturated rings. The molecule has 0 radical (unpaired) electrons. The summed E-state index contributed by atoms with van der Waals surface area (Å²) in [7, 11) is 0. The van der Waals surface area contributed by atoms with Crippen molar-refractivity contribution in [2.75, 3.05) is 17.3 Å². The number of nitrogen functional groups attached to an aromatic ring is 1. The van der Waals surface area contributed by atoms with E-state index in [0.717, 1.165) is 16.0 Å².